The van der Waals surface area contributed by atoms with Crippen LogP contribution in [0.5, 0.6) is 0 Å². The van der Waals surface area contributed by atoms with Crippen LogP contribution in [0.4, 0.5) is 0 Å². The molecule has 0 fully saturated rings. The van der Waals surface area contributed by atoms with Crippen molar-refractivity contribution in [2.24, 2.45) is 0 Å². The van der Waals surface area contributed by atoms with Crippen LogP contribution in [0.15, 0.2) is 29.2 Å². The zero-order valence-corrected chi connectivity index (χ0v) is 16.3. The maximum atomic E-state index is 12.2. The van der Waals surface area contributed by atoms with E-state index in [4.69, 9.17) is 4.74 Å². The second-order valence-corrected chi connectivity index (χ2v) is 8.06. The first-order chi connectivity index (χ1) is 8.52. The van der Waals surface area contributed by atoms with E-state index in [1.54, 1.807) is 18.2 Å². The average molecular weight is 455 g/mol. The minimum absolute atomic E-state index is 0.100. The summed E-state index contributed by atoms with van der Waals surface area (Å²) in [4.78, 5) is 12.2. The first-order valence-electron chi connectivity index (χ1n) is 5.50. The minimum atomic E-state index is -3.69. The van der Waals surface area contributed by atoms with E-state index in [1.165, 1.54) is 13.2 Å². The molecule has 5 nitrogen and oxygen atoms in total. The number of sulfonamides is 1. The van der Waals surface area contributed by atoms with Crippen molar-refractivity contribution >= 4 is 15.9 Å². The van der Waals surface area contributed by atoms with E-state index in [0.717, 1.165) is 8.23 Å². The molecule has 1 aliphatic heterocycles. The Morgan fingerprint density at radius 3 is 2.61 bits per heavy atom. The van der Waals surface area contributed by atoms with Crippen molar-refractivity contribution in [1.82, 2.24) is 4.31 Å². The van der Waals surface area contributed by atoms with E-state index in [-0.39, 0.29) is 23.1 Å². The van der Waals surface area contributed by atoms with Crippen molar-refractivity contribution in [2.45, 2.75) is 14.9 Å². The van der Waals surface area contributed by atoms with Gasteiger partial charge in [0.2, 0.25) is 0 Å². The summed E-state index contributed by atoms with van der Waals surface area (Å²) in [5, 5.41) is 0. The Morgan fingerprint density at radius 2 is 2.06 bits per heavy atom. The third-order valence-corrected chi connectivity index (χ3v) is 7.25. The molecular weight excluding hydrogens is 443 g/mol. The van der Waals surface area contributed by atoms with Crippen LogP contribution in [-0.2, 0) is 40.9 Å². The van der Waals surface area contributed by atoms with Gasteiger partial charge in [-0.25, -0.2) is 0 Å². The van der Waals surface area contributed by atoms with Crippen molar-refractivity contribution in [3.63, 3.8) is 0 Å². The molecule has 1 aromatic rings. The van der Waals surface area contributed by atoms with Crippen LogP contribution in [0, 0.1) is 0 Å². The number of ether oxygens (including phenoxy) is 1. The first kappa shape index (κ1) is 14.0. The molecule has 93 valence electrons. The van der Waals surface area contributed by atoms with E-state index >= 15 is 0 Å². The Balaban J connectivity index is 2.39. The van der Waals surface area contributed by atoms with Crippen molar-refractivity contribution < 1.29 is 44.1 Å². The third kappa shape index (κ3) is 2.21. The quantitative estimate of drug-likeness (QED) is 0.632. The first-order valence-corrected chi connectivity index (χ1v) is 10.8. The summed E-state index contributed by atoms with van der Waals surface area (Å²) < 4.78 is 31.4. The van der Waals surface area contributed by atoms with Gasteiger partial charge < -0.3 is 0 Å². The van der Waals surface area contributed by atoms with Gasteiger partial charge in [-0.15, -0.1) is 0 Å². The van der Waals surface area contributed by atoms with Gasteiger partial charge in [-0.2, -0.15) is 0 Å². The van der Waals surface area contributed by atoms with Crippen LogP contribution >= 0.6 is 0 Å². The Morgan fingerprint density at radius 1 is 1.39 bits per heavy atom. The van der Waals surface area contributed by atoms with Gasteiger partial charge >= 0.3 is 123 Å². The van der Waals surface area contributed by atoms with Gasteiger partial charge in [0.25, 0.3) is 0 Å². The fourth-order valence-corrected chi connectivity index (χ4v) is 5.11. The molecule has 1 aromatic carbocycles. The fraction of sp³-hybridized carbons (Fsp3) is 0.364. The van der Waals surface area contributed by atoms with Crippen molar-refractivity contribution in [2.75, 3.05) is 13.7 Å². The second-order valence-electron chi connectivity index (χ2n) is 3.98. The average Bonchev–Trinajstić information content (AvgIpc) is 2.57. The summed E-state index contributed by atoms with van der Waals surface area (Å²) in [6.07, 6.45) is -0.193. The van der Waals surface area contributed by atoms with Crippen LogP contribution in [-0.4, -0.2) is 38.4 Å². The fourth-order valence-electron chi connectivity index (χ4n) is 1.88. The van der Waals surface area contributed by atoms with Gasteiger partial charge in [0.15, 0.2) is 0 Å². The van der Waals surface area contributed by atoms with Crippen LogP contribution < -0.4 is 0 Å². The van der Waals surface area contributed by atoms with Gasteiger partial charge in [-0.1, -0.05) is 0 Å². The molecule has 0 unspecified atom stereocenters. The zero-order valence-electron chi connectivity index (χ0n) is 10.00. The summed E-state index contributed by atoms with van der Waals surface area (Å²) in [6.45, 7) is 0.107. The molecule has 0 bridgehead atoms. The van der Waals surface area contributed by atoms with Crippen LogP contribution in [0.1, 0.15) is 10.4 Å². The van der Waals surface area contributed by atoms with Crippen LogP contribution in [0.2, 0.25) is 3.93 Å². The van der Waals surface area contributed by atoms with Gasteiger partial charge in [0.05, 0.1) is 0 Å². The number of amides is 1. The Bertz CT molecular complexity index is 568. The maximum absolute atomic E-state index is 12.2. The molecule has 1 amide bonds. The number of rotatable bonds is 4. The SMILES string of the molecule is CO[C@@H]([CH2][Hg])CN1C(=O)c2ccccc2S1(=O)=O. The molecule has 1 aliphatic rings. The molecule has 0 aliphatic carbocycles. The molecule has 0 saturated heterocycles. The van der Waals surface area contributed by atoms with E-state index < -0.39 is 15.9 Å². The molecule has 7 heteroatoms. The summed E-state index contributed by atoms with van der Waals surface area (Å²) in [6, 6.07) is 6.30. The monoisotopic (exact) mass is 456 g/mol. The van der Waals surface area contributed by atoms with Crippen molar-refractivity contribution in [3.8, 4) is 0 Å². The topological polar surface area (TPSA) is 63.7 Å². The number of methoxy groups -OCH3 is 1. The van der Waals surface area contributed by atoms with Gasteiger partial charge in [0.1, 0.15) is 0 Å². The third-order valence-electron chi connectivity index (χ3n) is 2.94. The molecule has 0 radical (unpaired) electrons. The number of hydrogen-bond acceptors (Lipinski definition) is 4. The van der Waals surface area contributed by atoms with Crippen molar-refractivity contribution in [3.05, 3.63) is 29.8 Å². The standard InChI is InChI=1S/C11H12NO4S.Hg/c1-8(16-2)7-12-11(13)9-5-3-4-6-10(9)17(12,14)15;/h3-6,8H,1,7H2,2H3;/t8-;/m0./s1. The summed E-state index contributed by atoms with van der Waals surface area (Å²) in [5.74, 6) is -0.450. The molecule has 0 saturated carbocycles. The number of carbonyl (C=O) groups excluding carboxylic acids is 1. The van der Waals surface area contributed by atoms with E-state index in [1.807, 2.05) is 0 Å². The molecule has 0 spiro atoms. The summed E-state index contributed by atoms with van der Waals surface area (Å²) >= 11 is 0.499. The van der Waals surface area contributed by atoms with Crippen LogP contribution in [0.25, 0.3) is 0 Å². The molecule has 1 heterocycles. The van der Waals surface area contributed by atoms with Crippen molar-refractivity contribution in [1.29, 1.82) is 0 Å². The number of hydrogen-bond donors (Lipinski definition) is 0. The molecular formula is C11H12HgNO4S. The number of carbonyl (C=O) groups is 1. The summed E-state index contributed by atoms with van der Waals surface area (Å²) in [7, 11) is -2.15. The molecule has 1 atom stereocenters. The Hall–Kier alpha value is -0.465. The number of fused-ring (bicyclic) bond motifs is 1. The van der Waals surface area contributed by atoms with Gasteiger partial charge in [0, 0.05) is 0 Å². The van der Waals surface area contributed by atoms with E-state index in [9.17, 15) is 13.2 Å². The molecule has 18 heavy (non-hydrogen) atoms. The molecule has 0 N–H and O–H groups in total. The molecule has 2 rings (SSSR count). The summed E-state index contributed by atoms with van der Waals surface area (Å²) in [5.41, 5.74) is 0.255. The number of benzene rings is 1. The molecule has 0 aromatic heterocycles. The van der Waals surface area contributed by atoms with Crippen LogP contribution in [0.3, 0.4) is 0 Å². The predicted molar refractivity (Wildman–Crippen MR) is 60.3 cm³/mol. The van der Waals surface area contributed by atoms with Gasteiger partial charge in [-0.3, -0.25) is 0 Å². The number of nitrogens with zero attached hydrogens (tertiary/aromatic N) is 1. The zero-order chi connectivity index (χ0) is 13.3. The Labute approximate surface area is 122 Å². The predicted octanol–water partition coefficient (Wildman–Crippen LogP) is 0.811. The Kier molecular flexibility index (Phi) is 4.08. The second kappa shape index (κ2) is 5.26. The van der Waals surface area contributed by atoms with Gasteiger partial charge in [-0.05, 0) is 0 Å². The van der Waals surface area contributed by atoms with E-state index in [0.29, 0.717) is 26.1 Å². The van der Waals surface area contributed by atoms with E-state index in [2.05, 4.69) is 0 Å². The normalized spacial score (nSPS) is 18.8.